The van der Waals surface area contributed by atoms with Gasteiger partial charge in [0.15, 0.2) is 0 Å². The van der Waals surface area contributed by atoms with Gasteiger partial charge in [-0.3, -0.25) is 4.79 Å². The Morgan fingerprint density at radius 3 is 1.80 bits per heavy atom. The molecular formula is C19H27Cl2N3O. The van der Waals surface area contributed by atoms with E-state index in [1.807, 2.05) is 53.4 Å². The molecule has 2 aromatic rings. The van der Waals surface area contributed by atoms with Crippen molar-refractivity contribution in [3.8, 4) is 0 Å². The van der Waals surface area contributed by atoms with Crippen molar-refractivity contribution in [1.29, 1.82) is 0 Å². The maximum atomic E-state index is 12.1. The van der Waals surface area contributed by atoms with Crippen LogP contribution in [-0.2, 0) is 17.9 Å². The molecule has 0 aliphatic heterocycles. The van der Waals surface area contributed by atoms with Crippen LogP contribution in [0, 0.1) is 0 Å². The number of hydrogen-bond acceptors (Lipinski definition) is 3. The van der Waals surface area contributed by atoms with Crippen LogP contribution in [-0.4, -0.2) is 42.4 Å². The van der Waals surface area contributed by atoms with Gasteiger partial charge < -0.3 is 15.5 Å². The smallest absolute Gasteiger partial charge is 0.236 e. The summed E-state index contributed by atoms with van der Waals surface area (Å²) in [6, 6.07) is 20.4. The molecule has 2 aromatic carbocycles. The predicted octanol–water partition coefficient (Wildman–Crippen LogP) is 2.95. The van der Waals surface area contributed by atoms with E-state index < -0.39 is 0 Å². The minimum Gasteiger partial charge on any atom is -0.336 e. The fourth-order valence-corrected chi connectivity index (χ4v) is 2.49. The van der Waals surface area contributed by atoms with Crippen LogP contribution in [0.2, 0.25) is 0 Å². The van der Waals surface area contributed by atoms with E-state index in [1.54, 1.807) is 0 Å². The lowest BCUT2D eigenvalue weighted by Crippen LogP contribution is -2.40. The first-order chi connectivity index (χ1) is 11.2. The van der Waals surface area contributed by atoms with Crippen LogP contribution in [0.15, 0.2) is 60.7 Å². The first-order valence-corrected chi connectivity index (χ1v) is 7.93. The molecule has 0 atom stereocenters. The molecule has 0 saturated heterocycles. The second-order valence-electron chi connectivity index (χ2n) is 5.73. The summed E-state index contributed by atoms with van der Waals surface area (Å²) in [4.78, 5) is 16.1. The molecule has 138 valence electrons. The molecule has 4 nitrogen and oxygen atoms in total. The van der Waals surface area contributed by atoms with E-state index in [1.165, 1.54) is 5.56 Å². The van der Waals surface area contributed by atoms with Gasteiger partial charge in [-0.15, -0.1) is 24.8 Å². The summed E-state index contributed by atoms with van der Waals surface area (Å²) in [5, 5.41) is 0. The molecule has 0 aromatic heterocycles. The van der Waals surface area contributed by atoms with Gasteiger partial charge in [-0.25, -0.2) is 0 Å². The third-order valence-corrected chi connectivity index (χ3v) is 3.79. The number of likely N-dealkylation sites (N-methyl/N-ethyl adjacent to an activating group) is 1. The summed E-state index contributed by atoms with van der Waals surface area (Å²) < 4.78 is 0. The van der Waals surface area contributed by atoms with Gasteiger partial charge in [-0.2, -0.15) is 0 Å². The average molecular weight is 384 g/mol. The molecule has 2 N–H and O–H groups in total. The summed E-state index contributed by atoms with van der Waals surface area (Å²) in [6.07, 6.45) is 0. The first kappa shape index (κ1) is 23.4. The molecule has 0 unspecified atom stereocenters. The number of halogens is 2. The maximum Gasteiger partial charge on any atom is 0.236 e. The minimum atomic E-state index is -0.0121. The number of carbonyl (C=O) groups excluding carboxylic acids is 1. The van der Waals surface area contributed by atoms with Gasteiger partial charge in [0.05, 0.1) is 6.54 Å². The molecule has 0 aliphatic carbocycles. The van der Waals surface area contributed by atoms with Crippen molar-refractivity contribution in [2.24, 2.45) is 5.73 Å². The number of nitrogens with zero attached hydrogens (tertiary/aromatic N) is 2. The third kappa shape index (κ3) is 8.36. The topological polar surface area (TPSA) is 49.6 Å². The molecule has 25 heavy (non-hydrogen) atoms. The molecule has 0 heterocycles. The van der Waals surface area contributed by atoms with Crippen LogP contribution in [0.3, 0.4) is 0 Å². The maximum absolute atomic E-state index is 12.1. The number of hydrogen-bond donors (Lipinski definition) is 1. The average Bonchev–Trinajstić information content (AvgIpc) is 2.59. The Bertz CT molecular complexity index is 596. The highest BCUT2D eigenvalue weighted by atomic mass is 35.5. The van der Waals surface area contributed by atoms with Crippen molar-refractivity contribution >= 4 is 30.7 Å². The fourth-order valence-electron chi connectivity index (χ4n) is 2.49. The molecule has 2 rings (SSSR count). The SMILES string of the molecule is CN(CCN(Cc1ccccc1)C(=O)CN)Cc1ccccc1.Cl.Cl. The van der Waals surface area contributed by atoms with Crippen LogP contribution in [0.1, 0.15) is 11.1 Å². The Kier molecular flexibility index (Phi) is 11.9. The summed E-state index contributed by atoms with van der Waals surface area (Å²) >= 11 is 0. The van der Waals surface area contributed by atoms with Crippen LogP contribution in [0.4, 0.5) is 0 Å². The number of amides is 1. The zero-order chi connectivity index (χ0) is 16.5. The van der Waals surface area contributed by atoms with Crippen molar-refractivity contribution in [3.05, 3.63) is 71.8 Å². The highest BCUT2D eigenvalue weighted by Crippen LogP contribution is 2.06. The summed E-state index contributed by atoms with van der Waals surface area (Å²) in [6.45, 7) is 3.02. The summed E-state index contributed by atoms with van der Waals surface area (Å²) in [5.41, 5.74) is 7.95. The Morgan fingerprint density at radius 1 is 0.840 bits per heavy atom. The lowest BCUT2D eigenvalue weighted by atomic mass is 10.2. The van der Waals surface area contributed by atoms with Crippen LogP contribution in [0.5, 0.6) is 0 Å². The summed E-state index contributed by atoms with van der Waals surface area (Å²) in [5.74, 6) is -0.0121. The Balaban J connectivity index is 0.00000288. The van der Waals surface area contributed by atoms with Crippen molar-refractivity contribution < 1.29 is 4.79 Å². The normalized spacial score (nSPS) is 9.88. The van der Waals surface area contributed by atoms with Gasteiger partial charge in [0, 0.05) is 26.2 Å². The number of nitrogens with two attached hydrogens (primary N) is 1. The van der Waals surface area contributed by atoms with Crippen molar-refractivity contribution in [2.75, 3.05) is 26.7 Å². The molecule has 0 aliphatic rings. The fraction of sp³-hybridized carbons (Fsp3) is 0.316. The van der Waals surface area contributed by atoms with Gasteiger partial charge in [0.1, 0.15) is 0 Å². The lowest BCUT2D eigenvalue weighted by molar-refractivity contribution is -0.130. The standard InChI is InChI=1S/C19H25N3O.2ClH/c1-21(15-17-8-4-2-5-9-17)12-13-22(19(23)14-20)16-18-10-6-3-7-11-18;;/h2-11H,12-16,20H2,1H3;2*1H. The quantitative estimate of drug-likeness (QED) is 0.762. The molecule has 0 saturated carbocycles. The van der Waals surface area contributed by atoms with E-state index >= 15 is 0 Å². The van der Waals surface area contributed by atoms with Gasteiger partial charge >= 0.3 is 0 Å². The van der Waals surface area contributed by atoms with E-state index in [-0.39, 0.29) is 37.3 Å². The Labute approximate surface area is 162 Å². The van der Waals surface area contributed by atoms with Gasteiger partial charge in [0.25, 0.3) is 0 Å². The number of rotatable bonds is 8. The van der Waals surface area contributed by atoms with Crippen molar-refractivity contribution in [2.45, 2.75) is 13.1 Å². The Morgan fingerprint density at radius 2 is 1.32 bits per heavy atom. The third-order valence-electron chi connectivity index (χ3n) is 3.79. The van der Waals surface area contributed by atoms with Crippen LogP contribution >= 0.6 is 24.8 Å². The van der Waals surface area contributed by atoms with E-state index in [4.69, 9.17) is 5.73 Å². The zero-order valence-corrected chi connectivity index (χ0v) is 16.1. The Hall–Kier alpha value is -1.59. The highest BCUT2D eigenvalue weighted by Gasteiger charge is 2.13. The highest BCUT2D eigenvalue weighted by molar-refractivity contribution is 5.85. The van der Waals surface area contributed by atoms with Crippen molar-refractivity contribution in [1.82, 2.24) is 9.80 Å². The first-order valence-electron chi connectivity index (χ1n) is 7.93. The van der Waals surface area contributed by atoms with Gasteiger partial charge in [0.2, 0.25) is 5.91 Å². The number of carbonyl (C=O) groups is 1. The second kappa shape index (κ2) is 12.7. The summed E-state index contributed by atoms with van der Waals surface area (Å²) in [7, 11) is 2.07. The molecule has 0 bridgehead atoms. The number of benzene rings is 2. The molecule has 0 spiro atoms. The van der Waals surface area contributed by atoms with Crippen LogP contribution in [0.25, 0.3) is 0 Å². The van der Waals surface area contributed by atoms with Crippen LogP contribution < -0.4 is 5.73 Å². The monoisotopic (exact) mass is 383 g/mol. The van der Waals surface area contributed by atoms with Gasteiger partial charge in [-0.1, -0.05) is 60.7 Å². The largest absolute Gasteiger partial charge is 0.336 e. The van der Waals surface area contributed by atoms with E-state index in [0.29, 0.717) is 13.1 Å². The van der Waals surface area contributed by atoms with E-state index in [9.17, 15) is 4.79 Å². The zero-order valence-electron chi connectivity index (χ0n) is 14.5. The lowest BCUT2D eigenvalue weighted by Gasteiger charge is -2.25. The molecular weight excluding hydrogens is 357 g/mol. The van der Waals surface area contributed by atoms with Crippen molar-refractivity contribution in [3.63, 3.8) is 0 Å². The second-order valence-corrected chi connectivity index (χ2v) is 5.73. The van der Waals surface area contributed by atoms with E-state index in [0.717, 1.165) is 18.7 Å². The molecule has 0 radical (unpaired) electrons. The predicted molar refractivity (Wildman–Crippen MR) is 108 cm³/mol. The molecule has 6 heteroatoms. The minimum absolute atomic E-state index is 0. The molecule has 0 fully saturated rings. The van der Waals surface area contributed by atoms with Gasteiger partial charge in [-0.05, 0) is 18.2 Å². The van der Waals surface area contributed by atoms with E-state index in [2.05, 4.69) is 24.1 Å². The molecule has 1 amide bonds.